The smallest absolute Gasteiger partial charge is 0.462 e. The maximum absolute atomic E-state index is 13.1. The molecule has 576 valence electrons. The summed E-state index contributed by atoms with van der Waals surface area (Å²) in [5.41, 5.74) is 0. The molecule has 3 N–H and O–H groups in total. The largest absolute Gasteiger partial charge is 0.472 e. The van der Waals surface area contributed by atoms with E-state index in [1.807, 2.05) is 0 Å². The fourth-order valence-corrected chi connectivity index (χ4v) is 13.5. The molecule has 97 heavy (non-hydrogen) atoms. The van der Waals surface area contributed by atoms with Crippen molar-refractivity contribution >= 4 is 39.5 Å². The lowest BCUT2D eigenvalue weighted by molar-refractivity contribution is -0.161. The van der Waals surface area contributed by atoms with E-state index in [2.05, 4.69) is 55.4 Å². The number of rotatable bonds is 75. The van der Waals surface area contributed by atoms with Crippen molar-refractivity contribution in [1.29, 1.82) is 0 Å². The fourth-order valence-electron chi connectivity index (χ4n) is 11.9. The van der Waals surface area contributed by atoms with Gasteiger partial charge in [0.15, 0.2) is 12.2 Å². The molecule has 0 amide bonds. The van der Waals surface area contributed by atoms with Crippen LogP contribution in [0.2, 0.25) is 0 Å². The van der Waals surface area contributed by atoms with Gasteiger partial charge in [-0.25, -0.2) is 9.13 Å². The molecule has 0 aliphatic carbocycles. The van der Waals surface area contributed by atoms with Crippen molar-refractivity contribution < 1.29 is 80.2 Å². The molecule has 0 saturated carbocycles. The van der Waals surface area contributed by atoms with Crippen LogP contribution < -0.4 is 0 Å². The van der Waals surface area contributed by atoms with Crippen LogP contribution in [0.25, 0.3) is 0 Å². The summed E-state index contributed by atoms with van der Waals surface area (Å²) in [6.07, 6.45) is 52.9. The first-order valence-electron chi connectivity index (χ1n) is 40.2. The predicted octanol–water partition coefficient (Wildman–Crippen LogP) is 22.8. The number of aliphatic hydroxyl groups is 1. The number of phosphoric acid groups is 2. The molecule has 0 fully saturated rings. The van der Waals surface area contributed by atoms with Gasteiger partial charge in [0.2, 0.25) is 0 Å². The highest BCUT2D eigenvalue weighted by Crippen LogP contribution is 2.45. The Hall–Kier alpha value is -1.94. The number of carbonyl (C=O) groups is 4. The lowest BCUT2D eigenvalue weighted by atomic mass is 10.0. The minimum absolute atomic E-state index is 0.104. The van der Waals surface area contributed by atoms with Crippen LogP contribution in [0.4, 0.5) is 0 Å². The van der Waals surface area contributed by atoms with Gasteiger partial charge in [0, 0.05) is 25.7 Å². The number of phosphoric ester groups is 2. The molecule has 0 spiro atoms. The average Bonchev–Trinajstić information content (AvgIpc) is 1.13. The molecule has 19 heteroatoms. The highest BCUT2D eigenvalue weighted by atomic mass is 31.2. The van der Waals surface area contributed by atoms with Crippen molar-refractivity contribution in [3.05, 3.63) is 0 Å². The average molecular weight is 1420 g/mol. The normalized spacial score (nSPS) is 14.1. The third-order valence-electron chi connectivity index (χ3n) is 18.1. The summed E-state index contributed by atoms with van der Waals surface area (Å²) in [4.78, 5) is 72.9. The van der Waals surface area contributed by atoms with E-state index >= 15 is 0 Å². The van der Waals surface area contributed by atoms with Gasteiger partial charge in [-0.05, 0) is 49.4 Å². The number of aliphatic hydroxyl groups excluding tert-OH is 1. The standard InChI is InChI=1S/C78H152O17P2/c1-68(2)54-46-38-30-23-18-14-11-9-10-12-16-20-26-34-42-50-58-75(80)88-64-73(94-77(82)60-52-44-35-27-21-17-13-15-19-24-31-39-47-55-69(3)4)66-92-96(84,85)90-62-72(79)63-91-97(86,87)93-67-74(65-89-76(81)59-51-43-37-29-33-41-49-57-71(7)8)95-78(83)61-53-45-36-28-22-25-32-40-48-56-70(5)6/h68-74,79H,9-67H2,1-8H3,(H,84,85)(H,86,87)/t72?,73-,74-/m1/s1. The Balaban J connectivity index is 5.23. The van der Waals surface area contributed by atoms with Crippen molar-refractivity contribution in [2.45, 2.75) is 414 Å². The Bertz CT molecular complexity index is 1900. The molecule has 0 saturated heterocycles. The van der Waals surface area contributed by atoms with Gasteiger partial charge >= 0.3 is 39.5 Å². The highest BCUT2D eigenvalue weighted by molar-refractivity contribution is 7.47. The van der Waals surface area contributed by atoms with Gasteiger partial charge in [0.1, 0.15) is 19.3 Å². The minimum atomic E-state index is -4.96. The molecule has 0 aromatic heterocycles. The van der Waals surface area contributed by atoms with E-state index in [-0.39, 0.29) is 25.7 Å². The van der Waals surface area contributed by atoms with E-state index in [9.17, 15) is 43.2 Å². The predicted molar refractivity (Wildman–Crippen MR) is 395 cm³/mol. The summed E-state index contributed by atoms with van der Waals surface area (Å²) >= 11 is 0. The molecular weight excluding hydrogens is 1270 g/mol. The molecule has 0 bridgehead atoms. The Morgan fingerprint density at radius 1 is 0.258 bits per heavy atom. The maximum Gasteiger partial charge on any atom is 0.472 e. The van der Waals surface area contributed by atoms with Crippen LogP contribution in [-0.4, -0.2) is 96.7 Å². The maximum atomic E-state index is 13.1. The van der Waals surface area contributed by atoms with Crippen LogP contribution in [0.3, 0.4) is 0 Å². The summed E-state index contributed by atoms with van der Waals surface area (Å²) in [7, 11) is -9.92. The SMILES string of the molecule is CC(C)CCCCCCCCCCCCCCCCCCC(=O)OC[C@H](COP(=O)(O)OCC(O)COP(=O)(O)OC[C@@H](COC(=O)CCCCCCCCCC(C)C)OC(=O)CCCCCCCCCCCC(C)C)OC(=O)CCCCCCCCCCCCCCCC(C)C. The van der Waals surface area contributed by atoms with E-state index < -0.39 is 97.5 Å². The van der Waals surface area contributed by atoms with Gasteiger partial charge in [-0.15, -0.1) is 0 Å². The van der Waals surface area contributed by atoms with Crippen LogP contribution in [0.15, 0.2) is 0 Å². The second-order valence-corrected chi connectivity index (χ2v) is 32.9. The second kappa shape index (κ2) is 67.2. The van der Waals surface area contributed by atoms with Crippen LogP contribution in [0.5, 0.6) is 0 Å². The van der Waals surface area contributed by atoms with Gasteiger partial charge in [-0.3, -0.25) is 37.3 Å². The summed E-state index contributed by atoms with van der Waals surface area (Å²) in [5, 5.41) is 10.6. The molecule has 3 unspecified atom stereocenters. The Labute approximate surface area is 594 Å². The lowest BCUT2D eigenvalue weighted by Crippen LogP contribution is -2.30. The van der Waals surface area contributed by atoms with Gasteiger partial charge < -0.3 is 33.8 Å². The number of esters is 4. The third kappa shape index (κ3) is 72.2. The van der Waals surface area contributed by atoms with Gasteiger partial charge in [0.25, 0.3) is 0 Å². The Morgan fingerprint density at radius 3 is 0.639 bits per heavy atom. The first-order valence-corrected chi connectivity index (χ1v) is 43.2. The number of unbranched alkanes of at least 4 members (excludes halogenated alkanes) is 41. The zero-order valence-corrected chi connectivity index (χ0v) is 65.5. The summed E-state index contributed by atoms with van der Waals surface area (Å²) in [6, 6.07) is 0. The van der Waals surface area contributed by atoms with Crippen LogP contribution in [-0.2, 0) is 65.4 Å². The molecule has 0 radical (unpaired) electrons. The number of ether oxygens (including phenoxy) is 4. The molecule has 0 aromatic carbocycles. The zero-order chi connectivity index (χ0) is 71.7. The molecule has 5 atom stereocenters. The minimum Gasteiger partial charge on any atom is -0.462 e. The van der Waals surface area contributed by atoms with E-state index in [1.165, 1.54) is 193 Å². The first-order chi connectivity index (χ1) is 46.6. The van der Waals surface area contributed by atoms with E-state index in [1.54, 1.807) is 0 Å². The van der Waals surface area contributed by atoms with E-state index in [4.69, 9.17) is 37.0 Å². The second-order valence-electron chi connectivity index (χ2n) is 30.0. The molecule has 0 heterocycles. The molecule has 0 rings (SSSR count). The third-order valence-corrected chi connectivity index (χ3v) is 20.0. The van der Waals surface area contributed by atoms with Crippen molar-refractivity contribution in [3.63, 3.8) is 0 Å². The lowest BCUT2D eigenvalue weighted by Gasteiger charge is -2.21. The highest BCUT2D eigenvalue weighted by Gasteiger charge is 2.30. The molecule has 0 aliphatic heterocycles. The molecule has 0 aliphatic rings. The van der Waals surface area contributed by atoms with Crippen molar-refractivity contribution in [2.24, 2.45) is 23.7 Å². The van der Waals surface area contributed by atoms with Gasteiger partial charge in [-0.1, -0.05) is 344 Å². The summed E-state index contributed by atoms with van der Waals surface area (Å²) < 4.78 is 68.6. The fraction of sp³-hybridized carbons (Fsp3) is 0.949. The Kier molecular flexibility index (Phi) is 65.9. The molecule has 17 nitrogen and oxygen atoms in total. The zero-order valence-electron chi connectivity index (χ0n) is 63.7. The van der Waals surface area contributed by atoms with E-state index in [0.717, 1.165) is 114 Å². The number of hydrogen-bond donors (Lipinski definition) is 3. The monoisotopic (exact) mass is 1420 g/mol. The van der Waals surface area contributed by atoms with E-state index in [0.29, 0.717) is 31.6 Å². The van der Waals surface area contributed by atoms with Crippen molar-refractivity contribution in [2.75, 3.05) is 39.6 Å². The quantitative estimate of drug-likeness (QED) is 0.0222. The first kappa shape index (κ1) is 95.1. The van der Waals surface area contributed by atoms with Gasteiger partial charge in [0.05, 0.1) is 26.4 Å². The summed E-state index contributed by atoms with van der Waals surface area (Å²) in [5.74, 6) is 0.921. The van der Waals surface area contributed by atoms with Crippen LogP contribution in [0.1, 0.15) is 396 Å². The number of carbonyl (C=O) groups excluding carboxylic acids is 4. The van der Waals surface area contributed by atoms with Gasteiger partial charge in [-0.2, -0.15) is 0 Å². The van der Waals surface area contributed by atoms with Crippen LogP contribution in [0, 0.1) is 23.7 Å². The molecular formula is C78H152O17P2. The topological polar surface area (TPSA) is 237 Å². The van der Waals surface area contributed by atoms with Crippen molar-refractivity contribution in [3.8, 4) is 0 Å². The van der Waals surface area contributed by atoms with Crippen molar-refractivity contribution in [1.82, 2.24) is 0 Å². The summed E-state index contributed by atoms with van der Waals surface area (Å²) in [6.45, 7) is 14.2. The molecule has 0 aromatic rings. The number of hydrogen-bond acceptors (Lipinski definition) is 15. The van der Waals surface area contributed by atoms with Crippen LogP contribution >= 0.6 is 15.6 Å². The Morgan fingerprint density at radius 2 is 0.433 bits per heavy atom.